The van der Waals surface area contributed by atoms with Crippen LogP contribution in [0.3, 0.4) is 0 Å². The van der Waals surface area contributed by atoms with Crippen molar-refractivity contribution < 1.29 is 9.28 Å². The van der Waals surface area contributed by atoms with Crippen LogP contribution in [0.2, 0.25) is 0 Å². The zero-order chi connectivity index (χ0) is 23.5. The molecular weight excluding hydrogens is 394 g/mol. The fourth-order valence-corrected chi connectivity index (χ4v) is 5.20. The van der Waals surface area contributed by atoms with Crippen LogP contribution < -0.4 is 10.6 Å². The van der Waals surface area contributed by atoms with Crippen LogP contribution in [-0.2, 0) is 4.79 Å². The Balaban J connectivity index is 1.96. The van der Waals surface area contributed by atoms with Gasteiger partial charge in [-0.1, -0.05) is 89.5 Å². The molecule has 4 nitrogen and oxygen atoms in total. The van der Waals surface area contributed by atoms with Gasteiger partial charge in [-0.15, -0.1) is 6.58 Å². The molecule has 0 aromatic carbocycles. The summed E-state index contributed by atoms with van der Waals surface area (Å²) in [4.78, 5) is 11.5. The molecule has 0 saturated heterocycles. The van der Waals surface area contributed by atoms with Crippen molar-refractivity contribution in [3.05, 3.63) is 25.1 Å². The zero-order valence-corrected chi connectivity index (χ0v) is 21.7. The number of nitrogens with zero attached hydrogens (tertiary/aromatic N) is 1. The first kappa shape index (κ1) is 28.7. The second-order valence-corrected chi connectivity index (χ2v) is 9.86. The van der Waals surface area contributed by atoms with Gasteiger partial charge in [0.2, 0.25) is 5.91 Å². The van der Waals surface area contributed by atoms with Gasteiger partial charge in [0, 0.05) is 20.3 Å². The van der Waals surface area contributed by atoms with E-state index in [1.165, 1.54) is 109 Å². The maximum absolute atomic E-state index is 11.5. The van der Waals surface area contributed by atoms with E-state index in [0.717, 1.165) is 11.0 Å². The third-order valence-corrected chi connectivity index (χ3v) is 7.29. The molecule has 0 saturated carbocycles. The highest BCUT2D eigenvalue weighted by Gasteiger charge is 2.41. The highest BCUT2D eigenvalue weighted by Crippen LogP contribution is 2.26. The SMILES string of the molecule is C=CCCCCCCCCCCCCCCCCCC1NC=C[N+]1(CC)C(C)NC(C)=O. The van der Waals surface area contributed by atoms with Gasteiger partial charge in [0.05, 0.1) is 12.7 Å². The van der Waals surface area contributed by atoms with Gasteiger partial charge in [0.25, 0.3) is 0 Å². The molecule has 3 atom stereocenters. The number of carbonyl (C=O) groups is 1. The van der Waals surface area contributed by atoms with E-state index in [0.29, 0.717) is 6.17 Å². The summed E-state index contributed by atoms with van der Waals surface area (Å²) in [5, 5.41) is 6.65. The molecule has 0 spiro atoms. The average Bonchev–Trinajstić information content (AvgIpc) is 3.19. The van der Waals surface area contributed by atoms with Crippen molar-refractivity contribution >= 4 is 5.91 Å². The molecule has 0 fully saturated rings. The lowest BCUT2D eigenvalue weighted by atomic mass is 10.0. The van der Waals surface area contributed by atoms with Crippen molar-refractivity contribution in [1.29, 1.82) is 0 Å². The average molecular weight is 449 g/mol. The molecule has 32 heavy (non-hydrogen) atoms. The third-order valence-electron chi connectivity index (χ3n) is 7.29. The van der Waals surface area contributed by atoms with Gasteiger partial charge in [-0.2, -0.15) is 0 Å². The van der Waals surface area contributed by atoms with E-state index >= 15 is 0 Å². The molecule has 1 aliphatic heterocycles. The fraction of sp³-hybridized carbons (Fsp3) is 0.821. The number of amides is 1. The molecule has 0 bridgehead atoms. The van der Waals surface area contributed by atoms with Crippen LogP contribution in [0.5, 0.6) is 0 Å². The Kier molecular flexibility index (Phi) is 16.3. The van der Waals surface area contributed by atoms with Crippen LogP contribution in [0.25, 0.3) is 0 Å². The normalized spacial score (nSPS) is 20.8. The van der Waals surface area contributed by atoms with Gasteiger partial charge in [0.15, 0.2) is 12.3 Å². The molecule has 0 aromatic rings. The lowest BCUT2D eigenvalue weighted by Gasteiger charge is -2.41. The van der Waals surface area contributed by atoms with Gasteiger partial charge in [-0.3, -0.25) is 9.28 Å². The van der Waals surface area contributed by atoms with Gasteiger partial charge in [-0.05, 0) is 26.2 Å². The Bertz CT molecular complexity index is 519. The van der Waals surface area contributed by atoms with E-state index in [2.05, 4.69) is 43.5 Å². The Hall–Kier alpha value is -1.29. The smallest absolute Gasteiger partial charge is 0.221 e. The minimum absolute atomic E-state index is 0.0532. The largest absolute Gasteiger partial charge is 0.338 e. The van der Waals surface area contributed by atoms with Crippen molar-refractivity contribution in [1.82, 2.24) is 10.6 Å². The second-order valence-electron chi connectivity index (χ2n) is 9.86. The number of quaternary nitrogens is 1. The summed E-state index contributed by atoms with van der Waals surface area (Å²) in [6.45, 7) is 10.7. The Labute approximate surface area is 199 Å². The minimum atomic E-state index is 0.0532. The predicted molar refractivity (Wildman–Crippen MR) is 139 cm³/mol. The van der Waals surface area contributed by atoms with Crippen LogP contribution in [-0.4, -0.2) is 29.3 Å². The monoisotopic (exact) mass is 448 g/mol. The quantitative estimate of drug-likeness (QED) is 0.108. The summed E-state index contributed by atoms with van der Waals surface area (Å²) in [6, 6.07) is 0. The highest BCUT2D eigenvalue weighted by atomic mass is 16.1. The van der Waals surface area contributed by atoms with Crippen LogP contribution >= 0.6 is 0 Å². The van der Waals surface area contributed by atoms with E-state index in [4.69, 9.17) is 0 Å². The van der Waals surface area contributed by atoms with Crippen molar-refractivity contribution in [3.8, 4) is 0 Å². The number of nitrogens with one attached hydrogen (secondary N) is 2. The Morgan fingerprint density at radius 1 is 0.938 bits per heavy atom. The molecule has 186 valence electrons. The lowest BCUT2D eigenvalue weighted by molar-refractivity contribution is -0.923. The third kappa shape index (κ3) is 11.5. The van der Waals surface area contributed by atoms with Crippen molar-refractivity contribution in [2.45, 2.75) is 142 Å². The van der Waals surface area contributed by atoms with Crippen LogP contribution in [0, 0.1) is 0 Å². The molecular formula is C28H54N3O+. The first-order chi connectivity index (χ1) is 15.6. The summed E-state index contributed by atoms with van der Waals surface area (Å²) < 4.78 is 0.814. The van der Waals surface area contributed by atoms with Crippen molar-refractivity contribution in [2.24, 2.45) is 0 Å². The highest BCUT2D eigenvalue weighted by molar-refractivity contribution is 5.72. The van der Waals surface area contributed by atoms with Crippen LogP contribution in [0.15, 0.2) is 25.1 Å². The minimum Gasteiger partial charge on any atom is -0.338 e. The molecule has 1 aliphatic rings. The van der Waals surface area contributed by atoms with Gasteiger partial charge in [0.1, 0.15) is 6.20 Å². The van der Waals surface area contributed by atoms with E-state index in [-0.39, 0.29) is 12.1 Å². The summed E-state index contributed by atoms with van der Waals surface area (Å²) in [7, 11) is 0. The molecule has 1 heterocycles. The zero-order valence-electron chi connectivity index (χ0n) is 21.7. The van der Waals surface area contributed by atoms with Crippen LogP contribution in [0.4, 0.5) is 0 Å². The first-order valence-electron chi connectivity index (χ1n) is 13.8. The van der Waals surface area contributed by atoms with Gasteiger partial charge in [-0.25, -0.2) is 0 Å². The Morgan fingerprint density at radius 3 is 1.84 bits per heavy atom. The summed E-state index contributed by atoms with van der Waals surface area (Å²) in [5.74, 6) is 0.0532. The number of carbonyl (C=O) groups excluding carboxylic acids is 1. The molecule has 0 aliphatic carbocycles. The molecule has 3 unspecified atom stereocenters. The molecule has 0 radical (unpaired) electrons. The van der Waals surface area contributed by atoms with Crippen LogP contribution in [0.1, 0.15) is 130 Å². The maximum Gasteiger partial charge on any atom is 0.221 e. The Morgan fingerprint density at radius 2 is 1.41 bits per heavy atom. The number of hydrogen-bond acceptors (Lipinski definition) is 2. The first-order valence-corrected chi connectivity index (χ1v) is 13.8. The van der Waals surface area contributed by atoms with E-state index < -0.39 is 0 Å². The molecule has 2 N–H and O–H groups in total. The standard InChI is InChI=1S/C28H53N3O/c1-5-7-8-9-10-11-12-13-14-15-16-17-18-19-20-21-22-23-28-29-24-25-31(28,6-2)26(3)30-27(4)32/h5,24-26,28-29H,1,6-23H2,2-4H3/p+1. The topological polar surface area (TPSA) is 41.1 Å². The van der Waals surface area contributed by atoms with E-state index in [1.807, 2.05) is 6.08 Å². The van der Waals surface area contributed by atoms with Crippen molar-refractivity contribution in [3.63, 3.8) is 0 Å². The lowest BCUT2D eigenvalue weighted by Crippen LogP contribution is -2.62. The summed E-state index contributed by atoms with van der Waals surface area (Å²) in [5.41, 5.74) is 0. The van der Waals surface area contributed by atoms with E-state index in [9.17, 15) is 4.79 Å². The summed E-state index contributed by atoms with van der Waals surface area (Å²) >= 11 is 0. The van der Waals surface area contributed by atoms with E-state index in [1.54, 1.807) is 6.92 Å². The predicted octanol–water partition coefficient (Wildman–Crippen LogP) is 7.52. The van der Waals surface area contributed by atoms with Crippen molar-refractivity contribution in [2.75, 3.05) is 6.54 Å². The summed E-state index contributed by atoms with van der Waals surface area (Å²) in [6.07, 6.45) is 30.1. The molecule has 1 amide bonds. The number of allylic oxidation sites excluding steroid dienone is 1. The fourth-order valence-electron chi connectivity index (χ4n) is 5.20. The molecule has 1 rings (SSSR count). The second kappa shape index (κ2) is 18.2. The maximum atomic E-state index is 11.5. The number of hydrogen-bond donors (Lipinski definition) is 2. The molecule has 4 heteroatoms. The molecule has 0 aromatic heterocycles. The van der Waals surface area contributed by atoms with Gasteiger partial charge < -0.3 is 10.6 Å². The number of rotatable bonds is 21. The number of unbranched alkanes of at least 4 members (excludes halogenated alkanes) is 15. The van der Waals surface area contributed by atoms with Gasteiger partial charge >= 0.3 is 0 Å².